The van der Waals surface area contributed by atoms with Gasteiger partial charge in [0.1, 0.15) is 0 Å². The summed E-state index contributed by atoms with van der Waals surface area (Å²) in [6.45, 7) is 8.35. The summed E-state index contributed by atoms with van der Waals surface area (Å²) in [4.78, 5) is 0. The van der Waals surface area contributed by atoms with Crippen molar-refractivity contribution in [2.45, 2.75) is 34.1 Å². The third-order valence-corrected chi connectivity index (χ3v) is 1.22. The lowest BCUT2D eigenvalue weighted by Gasteiger charge is -1.96. The monoisotopic (exact) mass is 136 g/mol. The van der Waals surface area contributed by atoms with Crippen molar-refractivity contribution in [3.05, 3.63) is 11.6 Å². The van der Waals surface area contributed by atoms with Gasteiger partial charge in [-0.15, -0.1) is 5.92 Å². The van der Waals surface area contributed by atoms with Crippen LogP contribution in [0.4, 0.5) is 0 Å². The van der Waals surface area contributed by atoms with Gasteiger partial charge in [0.25, 0.3) is 0 Å². The molecule has 0 heterocycles. The van der Waals surface area contributed by atoms with Crippen LogP contribution in [-0.4, -0.2) is 0 Å². The van der Waals surface area contributed by atoms with E-state index in [0.29, 0.717) is 0 Å². The minimum Gasteiger partial charge on any atom is -0.102 e. The van der Waals surface area contributed by atoms with Gasteiger partial charge in [0.05, 0.1) is 0 Å². The summed E-state index contributed by atoms with van der Waals surface area (Å²) in [6.07, 6.45) is 3.34. The Morgan fingerprint density at radius 1 is 1.50 bits per heavy atom. The van der Waals surface area contributed by atoms with E-state index in [2.05, 4.69) is 38.7 Å². The molecule has 0 nitrogen and oxygen atoms in total. The first-order valence-electron chi connectivity index (χ1n) is 3.76. The van der Waals surface area contributed by atoms with Crippen molar-refractivity contribution in [2.24, 2.45) is 5.92 Å². The van der Waals surface area contributed by atoms with Gasteiger partial charge in [0, 0.05) is 0 Å². The molecule has 0 saturated heterocycles. The van der Waals surface area contributed by atoms with Crippen LogP contribution in [0.2, 0.25) is 0 Å². The quantitative estimate of drug-likeness (QED) is 0.512. The molecule has 0 amide bonds. The van der Waals surface area contributed by atoms with Gasteiger partial charge >= 0.3 is 0 Å². The van der Waals surface area contributed by atoms with E-state index in [1.807, 2.05) is 6.92 Å². The van der Waals surface area contributed by atoms with Crippen molar-refractivity contribution in [1.82, 2.24) is 0 Å². The summed E-state index contributed by atoms with van der Waals surface area (Å²) in [7, 11) is 0. The van der Waals surface area contributed by atoms with E-state index in [-0.39, 0.29) is 0 Å². The predicted octanol–water partition coefficient (Wildman–Crippen LogP) is 3.00. The maximum atomic E-state index is 3.01. The molecule has 0 fully saturated rings. The molecule has 0 unspecified atom stereocenters. The van der Waals surface area contributed by atoms with E-state index in [1.54, 1.807) is 0 Å². The molecule has 0 aromatic rings. The minimum atomic E-state index is 0.744. The van der Waals surface area contributed by atoms with Crippen LogP contribution in [0, 0.1) is 17.8 Å². The van der Waals surface area contributed by atoms with Crippen LogP contribution in [0.3, 0.4) is 0 Å². The lowest BCUT2D eigenvalue weighted by Crippen LogP contribution is -1.82. The number of rotatable bonds is 2. The molecule has 56 valence electrons. The molecule has 0 aromatic heterocycles. The maximum absolute atomic E-state index is 3.01. The van der Waals surface area contributed by atoms with E-state index >= 15 is 0 Å². The zero-order valence-electron chi connectivity index (χ0n) is 7.36. The van der Waals surface area contributed by atoms with Gasteiger partial charge in [-0.05, 0) is 31.8 Å². The average molecular weight is 136 g/mol. The summed E-state index contributed by atoms with van der Waals surface area (Å²) >= 11 is 0. The molecule has 10 heavy (non-hydrogen) atoms. The minimum absolute atomic E-state index is 0.744. The smallest absolute Gasteiger partial charge is 0.00234 e. The molecular formula is C10H16. The Balaban J connectivity index is 3.76. The van der Waals surface area contributed by atoms with Crippen molar-refractivity contribution in [3.8, 4) is 11.8 Å². The molecule has 0 bridgehead atoms. The fraction of sp³-hybridized carbons (Fsp3) is 0.600. The van der Waals surface area contributed by atoms with Gasteiger partial charge in [-0.1, -0.05) is 25.8 Å². The van der Waals surface area contributed by atoms with Gasteiger partial charge in [-0.25, -0.2) is 0 Å². The number of hydrogen-bond acceptors (Lipinski definition) is 0. The molecule has 0 aliphatic heterocycles. The van der Waals surface area contributed by atoms with Crippen LogP contribution in [-0.2, 0) is 0 Å². The zero-order valence-corrected chi connectivity index (χ0v) is 7.36. The lowest BCUT2D eigenvalue weighted by molar-refractivity contribution is 0.662. The summed E-state index contributed by atoms with van der Waals surface area (Å²) in [5.74, 6) is 6.63. The second kappa shape index (κ2) is 5.11. The van der Waals surface area contributed by atoms with Gasteiger partial charge in [0.15, 0.2) is 0 Å². The molecular weight excluding hydrogens is 120 g/mol. The molecule has 0 aliphatic carbocycles. The van der Waals surface area contributed by atoms with Gasteiger partial charge in [-0.2, -0.15) is 0 Å². The van der Waals surface area contributed by atoms with E-state index in [0.717, 1.165) is 12.3 Å². The van der Waals surface area contributed by atoms with Crippen LogP contribution in [0.5, 0.6) is 0 Å². The summed E-state index contributed by atoms with van der Waals surface area (Å²) in [5.41, 5.74) is 1.19. The number of hydrogen-bond donors (Lipinski definition) is 0. The van der Waals surface area contributed by atoms with E-state index in [4.69, 9.17) is 0 Å². The Morgan fingerprint density at radius 2 is 2.10 bits per heavy atom. The molecule has 0 rings (SSSR count). The lowest BCUT2D eigenvalue weighted by atomic mass is 10.1. The zero-order chi connectivity index (χ0) is 7.98. The van der Waals surface area contributed by atoms with Crippen molar-refractivity contribution in [3.63, 3.8) is 0 Å². The molecule has 0 aromatic carbocycles. The Hall–Kier alpha value is -0.700. The standard InChI is InChI=1S/C10H16/c1-5-6-10(4)8-7-9(2)3/h8-9H,7H2,1-4H3. The first-order valence-corrected chi connectivity index (χ1v) is 3.76. The average Bonchev–Trinajstić information content (AvgIpc) is 1.85. The second-order valence-electron chi connectivity index (χ2n) is 2.89. The molecule has 0 heteroatoms. The highest BCUT2D eigenvalue weighted by Gasteiger charge is 1.88. The fourth-order valence-electron chi connectivity index (χ4n) is 0.661. The van der Waals surface area contributed by atoms with E-state index in [1.165, 1.54) is 5.57 Å². The van der Waals surface area contributed by atoms with E-state index in [9.17, 15) is 0 Å². The van der Waals surface area contributed by atoms with Crippen LogP contribution in [0.15, 0.2) is 11.6 Å². The Bertz CT molecular complexity index is 162. The fourth-order valence-corrected chi connectivity index (χ4v) is 0.661. The van der Waals surface area contributed by atoms with Crippen molar-refractivity contribution < 1.29 is 0 Å². The number of allylic oxidation sites excluding steroid dienone is 2. The Kier molecular flexibility index (Phi) is 4.76. The van der Waals surface area contributed by atoms with Crippen LogP contribution >= 0.6 is 0 Å². The van der Waals surface area contributed by atoms with Crippen molar-refractivity contribution in [1.29, 1.82) is 0 Å². The van der Waals surface area contributed by atoms with Crippen molar-refractivity contribution in [2.75, 3.05) is 0 Å². The van der Waals surface area contributed by atoms with E-state index < -0.39 is 0 Å². The van der Waals surface area contributed by atoms with Crippen LogP contribution in [0.1, 0.15) is 34.1 Å². The topological polar surface area (TPSA) is 0 Å². The van der Waals surface area contributed by atoms with Crippen LogP contribution < -0.4 is 0 Å². The SMILES string of the molecule is CC#CC(C)=CCC(C)C. The van der Waals surface area contributed by atoms with Crippen LogP contribution in [0.25, 0.3) is 0 Å². The predicted molar refractivity (Wildman–Crippen MR) is 46.7 cm³/mol. The molecule has 0 saturated carbocycles. The molecule has 0 spiro atoms. The highest BCUT2D eigenvalue weighted by Crippen LogP contribution is 2.02. The molecule has 0 N–H and O–H groups in total. The maximum Gasteiger partial charge on any atom is -0.00234 e. The van der Waals surface area contributed by atoms with Gasteiger partial charge in [-0.3, -0.25) is 0 Å². The summed E-state index contributed by atoms with van der Waals surface area (Å²) in [6, 6.07) is 0. The van der Waals surface area contributed by atoms with Gasteiger partial charge < -0.3 is 0 Å². The Morgan fingerprint density at radius 3 is 2.50 bits per heavy atom. The normalized spacial score (nSPS) is 11.1. The largest absolute Gasteiger partial charge is 0.102 e. The molecule has 0 radical (unpaired) electrons. The van der Waals surface area contributed by atoms with Crippen molar-refractivity contribution >= 4 is 0 Å². The molecule has 0 aliphatic rings. The summed E-state index contributed by atoms with van der Waals surface area (Å²) in [5, 5.41) is 0. The highest BCUT2D eigenvalue weighted by molar-refractivity contribution is 5.25. The first-order chi connectivity index (χ1) is 4.66. The summed E-state index contributed by atoms with van der Waals surface area (Å²) < 4.78 is 0. The highest BCUT2D eigenvalue weighted by atomic mass is 13.9. The third-order valence-electron chi connectivity index (χ3n) is 1.22. The first kappa shape index (κ1) is 9.30. The second-order valence-corrected chi connectivity index (χ2v) is 2.89. The van der Waals surface area contributed by atoms with Gasteiger partial charge in [0.2, 0.25) is 0 Å². The third kappa shape index (κ3) is 5.44. The molecule has 0 atom stereocenters. The Labute approximate surface area is 64.3 Å².